The SMILES string of the molecule is N#Cc1c(-c2cccc3c2oc2ccccc23)c(-c2ccccc2)c(C#N)c(-n2c3c(ccc4c5ccccc5sc43)c3ccc4c5ccccc5sc4c32)c1-c1ccccc1. The van der Waals surface area contributed by atoms with E-state index in [1.165, 1.54) is 20.2 Å². The molecule has 0 N–H and O–H groups in total. The molecule has 4 aromatic heterocycles. The van der Waals surface area contributed by atoms with Gasteiger partial charge in [0.2, 0.25) is 0 Å². The van der Waals surface area contributed by atoms with Crippen molar-refractivity contribution < 1.29 is 4.42 Å². The molecule has 0 saturated heterocycles. The molecule has 6 heteroatoms. The Balaban J connectivity index is 1.32. The third-order valence-electron chi connectivity index (χ3n) is 12.5. The average Bonchev–Trinajstić information content (AvgIpc) is 4.10. The van der Waals surface area contributed by atoms with E-state index >= 15 is 0 Å². The summed E-state index contributed by atoms with van der Waals surface area (Å²) in [7, 11) is 0. The van der Waals surface area contributed by atoms with E-state index < -0.39 is 0 Å². The van der Waals surface area contributed by atoms with E-state index in [-0.39, 0.29) is 0 Å². The lowest BCUT2D eigenvalue weighted by molar-refractivity contribution is 0.670. The average molecular weight is 824 g/mol. The molecule has 9 aromatic carbocycles. The monoisotopic (exact) mass is 823 g/mol. The van der Waals surface area contributed by atoms with Crippen LogP contribution in [0, 0.1) is 22.7 Å². The highest BCUT2D eigenvalue weighted by Gasteiger charge is 2.32. The number of aromatic nitrogens is 1. The summed E-state index contributed by atoms with van der Waals surface area (Å²) < 4.78 is 13.7. The van der Waals surface area contributed by atoms with Crippen molar-refractivity contribution in [3.63, 3.8) is 0 Å². The van der Waals surface area contributed by atoms with Gasteiger partial charge >= 0.3 is 0 Å². The summed E-state index contributed by atoms with van der Waals surface area (Å²) in [5.41, 5.74) is 9.61. The van der Waals surface area contributed by atoms with Gasteiger partial charge in [-0.1, -0.05) is 158 Å². The van der Waals surface area contributed by atoms with Gasteiger partial charge in [-0.3, -0.25) is 0 Å². The third-order valence-corrected chi connectivity index (χ3v) is 14.9. The summed E-state index contributed by atoms with van der Waals surface area (Å²) in [5.74, 6) is 0. The molecule has 0 spiro atoms. The van der Waals surface area contributed by atoms with Crippen LogP contribution in [0.2, 0.25) is 0 Å². The van der Waals surface area contributed by atoms with Crippen molar-refractivity contribution in [2.75, 3.05) is 0 Å². The van der Waals surface area contributed by atoms with Crippen LogP contribution in [0.1, 0.15) is 11.1 Å². The standard InChI is InChI=1S/C56H29N3OS2/c57-30-43-49(33-16-5-2-6-17-33)51(44(31-58)48(32-14-3-1-4-15-32)50(43)42-22-13-21-39-34-18-7-10-23-45(34)60-54(39)42)59-52-37(26-28-40-35-19-8-11-24-46(35)61-55(40)52)38-27-29-41-36-20-9-12-25-47(36)62-56(41)53(38)59/h1-29H. The van der Waals surface area contributed by atoms with Crippen molar-refractivity contribution in [3.05, 3.63) is 187 Å². The lowest BCUT2D eigenvalue weighted by Crippen LogP contribution is -2.08. The van der Waals surface area contributed by atoms with Crippen molar-refractivity contribution in [2.24, 2.45) is 0 Å². The Bertz CT molecular complexity index is 3990. The molecule has 0 saturated carbocycles. The fourth-order valence-corrected chi connectivity index (χ4v) is 12.4. The second kappa shape index (κ2) is 13.3. The number of thiophene rings is 2. The minimum atomic E-state index is 0.471. The number of hydrogen-bond donors (Lipinski definition) is 0. The molecule has 0 unspecified atom stereocenters. The maximum Gasteiger partial charge on any atom is 0.143 e. The predicted octanol–water partition coefficient (Wildman–Crippen LogP) is 16.2. The molecule has 286 valence electrons. The van der Waals surface area contributed by atoms with Crippen LogP contribution in [0.15, 0.2) is 180 Å². The summed E-state index contributed by atoms with van der Waals surface area (Å²) in [6.45, 7) is 0. The lowest BCUT2D eigenvalue weighted by atomic mass is 9.81. The largest absolute Gasteiger partial charge is 0.455 e. The second-order valence-corrected chi connectivity index (χ2v) is 17.8. The lowest BCUT2D eigenvalue weighted by Gasteiger charge is -2.24. The van der Waals surface area contributed by atoms with Gasteiger partial charge in [-0.25, -0.2) is 0 Å². The van der Waals surface area contributed by atoms with Gasteiger partial charge in [-0.05, 0) is 29.3 Å². The zero-order valence-electron chi connectivity index (χ0n) is 32.8. The Morgan fingerprint density at radius 2 is 0.903 bits per heavy atom. The van der Waals surface area contributed by atoms with Gasteiger partial charge in [-0.15, -0.1) is 22.7 Å². The van der Waals surface area contributed by atoms with Gasteiger partial charge in [-0.2, -0.15) is 10.5 Å². The highest BCUT2D eigenvalue weighted by Crippen LogP contribution is 2.53. The van der Waals surface area contributed by atoms with Crippen molar-refractivity contribution in [2.45, 2.75) is 0 Å². The van der Waals surface area contributed by atoms with Gasteiger partial charge in [0.15, 0.2) is 0 Å². The van der Waals surface area contributed by atoms with E-state index in [1.54, 1.807) is 22.7 Å². The summed E-state index contributed by atoms with van der Waals surface area (Å²) >= 11 is 3.55. The first-order chi connectivity index (χ1) is 30.7. The van der Waals surface area contributed by atoms with Crippen LogP contribution in [0.4, 0.5) is 0 Å². The number of furan rings is 1. The molecular weight excluding hydrogens is 795 g/mol. The van der Waals surface area contributed by atoms with Crippen molar-refractivity contribution >= 4 is 107 Å². The molecule has 4 heterocycles. The number of fused-ring (bicyclic) bond motifs is 14. The maximum atomic E-state index is 12.0. The van der Waals surface area contributed by atoms with Crippen LogP contribution in [0.5, 0.6) is 0 Å². The molecule has 0 aliphatic heterocycles. The van der Waals surface area contributed by atoms with Crippen molar-refractivity contribution in [1.29, 1.82) is 10.5 Å². The van der Waals surface area contributed by atoms with E-state index in [0.29, 0.717) is 39.1 Å². The minimum absolute atomic E-state index is 0.471. The molecule has 13 aromatic rings. The fraction of sp³-hybridized carbons (Fsp3) is 0. The fourth-order valence-electron chi connectivity index (χ4n) is 9.94. The summed E-state index contributed by atoms with van der Waals surface area (Å²) in [5, 5.41) is 32.8. The van der Waals surface area contributed by atoms with E-state index in [2.05, 4.69) is 114 Å². The molecule has 13 rings (SSSR count). The smallest absolute Gasteiger partial charge is 0.143 e. The van der Waals surface area contributed by atoms with Crippen LogP contribution >= 0.6 is 22.7 Å². The first kappa shape index (κ1) is 34.8. The van der Waals surface area contributed by atoms with Gasteiger partial charge in [0.25, 0.3) is 0 Å². The van der Waals surface area contributed by atoms with Crippen LogP contribution in [0.25, 0.3) is 123 Å². The molecular formula is C56H29N3OS2. The second-order valence-electron chi connectivity index (χ2n) is 15.7. The van der Waals surface area contributed by atoms with Gasteiger partial charge in [0.1, 0.15) is 23.3 Å². The number of rotatable bonds is 4. The number of para-hydroxylation sites is 2. The number of nitriles is 2. The molecule has 0 bridgehead atoms. The van der Waals surface area contributed by atoms with Gasteiger partial charge in [0, 0.05) is 74.7 Å². The molecule has 0 aliphatic carbocycles. The van der Waals surface area contributed by atoms with Crippen LogP contribution in [0.3, 0.4) is 0 Å². The summed E-state index contributed by atoms with van der Waals surface area (Å²) in [6, 6.07) is 66.2. The zero-order chi connectivity index (χ0) is 41.1. The van der Waals surface area contributed by atoms with Gasteiger partial charge in [0.05, 0.1) is 37.2 Å². The highest BCUT2D eigenvalue weighted by atomic mass is 32.1. The Morgan fingerprint density at radius 3 is 1.50 bits per heavy atom. The molecule has 0 aliphatic rings. The van der Waals surface area contributed by atoms with E-state index in [4.69, 9.17) is 4.42 Å². The van der Waals surface area contributed by atoms with E-state index in [0.717, 1.165) is 75.0 Å². The van der Waals surface area contributed by atoms with E-state index in [1.807, 2.05) is 78.9 Å². The normalized spacial score (nSPS) is 11.8. The van der Waals surface area contributed by atoms with Gasteiger partial charge < -0.3 is 8.98 Å². The molecule has 0 atom stereocenters. The molecule has 0 amide bonds. The third kappa shape index (κ3) is 4.74. The number of hydrogen-bond acceptors (Lipinski definition) is 5. The Labute approximate surface area is 362 Å². The Hall–Kier alpha value is -8.00. The first-order valence-corrected chi connectivity index (χ1v) is 22.1. The first-order valence-electron chi connectivity index (χ1n) is 20.5. The zero-order valence-corrected chi connectivity index (χ0v) is 34.4. The highest BCUT2D eigenvalue weighted by molar-refractivity contribution is 7.27. The number of benzene rings is 9. The number of nitrogens with zero attached hydrogens (tertiary/aromatic N) is 3. The van der Waals surface area contributed by atoms with Crippen LogP contribution in [-0.2, 0) is 0 Å². The predicted molar refractivity (Wildman–Crippen MR) is 260 cm³/mol. The molecule has 62 heavy (non-hydrogen) atoms. The maximum absolute atomic E-state index is 12.0. The summed E-state index contributed by atoms with van der Waals surface area (Å²) in [4.78, 5) is 0. The van der Waals surface area contributed by atoms with Crippen molar-refractivity contribution in [1.82, 2.24) is 4.57 Å². The molecule has 4 nitrogen and oxygen atoms in total. The quantitative estimate of drug-likeness (QED) is 0.178. The Morgan fingerprint density at radius 1 is 0.403 bits per heavy atom. The Kier molecular flexibility index (Phi) is 7.44. The van der Waals surface area contributed by atoms with Crippen LogP contribution < -0.4 is 0 Å². The minimum Gasteiger partial charge on any atom is -0.455 e. The topological polar surface area (TPSA) is 65.7 Å². The molecule has 0 radical (unpaired) electrons. The summed E-state index contributed by atoms with van der Waals surface area (Å²) in [6.07, 6.45) is 0. The van der Waals surface area contributed by atoms with E-state index in [9.17, 15) is 10.5 Å². The van der Waals surface area contributed by atoms with Crippen LogP contribution in [-0.4, -0.2) is 4.57 Å². The van der Waals surface area contributed by atoms with Crippen molar-refractivity contribution in [3.8, 4) is 51.2 Å². The molecule has 0 fully saturated rings.